The maximum atomic E-state index is 13.7. The van der Waals surface area contributed by atoms with E-state index >= 15 is 0 Å². The van der Waals surface area contributed by atoms with Gasteiger partial charge in [0.05, 0.1) is 17.6 Å². The van der Waals surface area contributed by atoms with Crippen molar-refractivity contribution >= 4 is 51.8 Å². The molecule has 0 spiro atoms. The van der Waals surface area contributed by atoms with Crippen molar-refractivity contribution in [2.24, 2.45) is 10.9 Å². The lowest BCUT2D eigenvalue weighted by Gasteiger charge is -2.35. The zero-order chi connectivity index (χ0) is 26.9. The first-order valence-corrected chi connectivity index (χ1v) is 15.4. The number of hydrogen-bond acceptors (Lipinski definition) is 9. The van der Waals surface area contributed by atoms with Crippen LogP contribution in [-0.4, -0.2) is 94.9 Å². The lowest BCUT2D eigenvalue weighted by molar-refractivity contribution is -0.134. The third-order valence-electron chi connectivity index (χ3n) is 7.58. The number of carbonyl (C=O) groups excluding carboxylic acids is 3. The van der Waals surface area contributed by atoms with Crippen LogP contribution in [0.5, 0.6) is 0 Å². The summed E-state index contributed by atoms with van der Waals surface area (Å²) >= 11 is 3.01. The van der Waals surface area contributed by atoms with E-state index in [0.717, 1.165) is 36.9 Å². The fourth-order valence-corrected chi connectivity index (χ4v) is 7.53. The molecule has 6 rings (SSSR count). The maximum Gasteiger partial charge on any atom is 0.290 e. The summed E-state index contributed by atoms with van der Waals surface area (Å²) < 4.78 is 5.55. The number of amides is 3. The molecule has 3 fully saturated rings. The number of amidine groups is 1. The molecule has 1 aliphatic carbocycles. The van der Waals surface area contributed by atoms with E-state index < -0.39 is 6.04 Å². The van der Waals surface area contributed by atoms with Crippen LogP contribution in [0.15, 0.2) is 34.6 Å². The smallest absolute Gasteiger partial charge is 0.290 e. The van der Waals surface area contributed by atoms with Crippen LogP contribution >= 0.6 is 23.1 Å². The molecule has 3 aliphatic heterocycles. The molecular weight excluding hydrogens is 536 g/mol. The highest BCUT2D eigenvalue weighted by Crippen LogP contribution is 2.39. The summed E-state index contributed by atoms with van der Waals surface area (Å²) in [6.07, 6.45) is 3.83. The average Bonchev–Trinajstić information content (AvgIpc) is 3.31. The summed E-state index contributed by atoms with van der Waals surface area (Å²) in [6, 6.07) is 7.03. The first-order chi connectivity index (χ1) is 19.0. The number of thioether (sulfide) groups is 1. The Kier molecular flexibility index (Phi) is 7.59. The van der Waals surface area contributed by atoms with Crippen molar-refractivity contribution in [2.75, 3.05) is 44.4 Å². The molecule has 2 unspecified atom stereocenters. The van der Waals surface area contributed by atoms with Gasteiger partial charge in [-0.1, -0.05) is 12.1 Å². The van der Waals surface area contributed by atoms with Gasteiger partial charge in [-0.2, -0.15) is 0 Å². The lowest BCUT2D eigenvalue weighted by atomic mass is 9.98. The molecule has 0 bridgehead atoms. The van der Waals surface area contributed by atoms with Crippen LogP contribution in [0.2, 0.25) is 0 Å². The third-order valence-corrected chi connectivity index (χ3v) is 9.80. The Morgan fingerprint density at radius 3 is 2.54 bits per heavy atom. The number of thiazole rings is 1. The Morgan fingerprint density at radius 1 is 1.08 bits per heavy atom. The van der Waals surface area contributed by atoms with E-state index in [9.17, 15) is 14.4 Å². The highest BCUT2D eigenvalue weighted by atomic mass is 32.2. The number of aliphatic imine (C=N–C) groups is 1. The Labute approximate surface area is 235 Å². The van der Waals surface area contributed by atoms with Gasteiger partial charge in [0, 0.05) is 55.1 Å². The topological polar surface area (TPSA) is 116 Å². The van der Waals surface area contributed by atoms with Crippen molar-refractivity contribution in [3.05, 3.63) is 35.2 Å². The van der Waals surface area contributed by atoms with Crippen LogP contribution < -0.4 is 10.6 Å². The monoisotopic (exact) mass is 568 g/mol. The van der Waals surface area contributed by atoms with E-state index in [1.165, 1.54) is 11.3 Å². The molecule has 4 aliphatic rings. The summed E-state index contributed by atoms with van der Waals surface area (Å²) in [5.41, 5.74) is 2.21. The Hall–Kier alpha value is -2.96. The number of ether oxygens (including phenoxy) is 1. The number of anilines is 1. The molecule has 3 amide bonds. The van der Waals surface area contributed by atoms with E-state index in [0.29, 0.717) is 54.6 Å². The molecular formula is C27H32N6O4S2. The fraction of sp³-hybridized carbons (Fsp3) is 0.519. The summed E-state index contributed by atoms with van der Waals surface area (Å²) in [5, 5.41) is 8.23. The molecule has 2 saturated heterocycles. The predicted octanol–water partition coefficient (Wildman–Crippen LogP) is 2.68. The molecule has 0 radical (unpaired) electrons. The summed E-state index contributed by atoms with van der Waals surface area (Å²) in [7, 11) is 1.87. The predicted molar refractivity (Wildman–Crippen MR) is 152 cm³/mol. The SMILES string of the molecule is CN1CCN=C1C(=O)N1C(C(=O)Nc2nc(-c3ccc(C(=O)NC4CC4)cc3)cs2)CSC1C1CCOCC1. The summed E-state index contributed by atoms with van der Waals surface area (Å²) in [6.45, 7) is 2.64. The van der Waals surface area contributed by atoms with Gasteiger partial charge in [-0.25, -0.2) is 4.98 Å². The highest BCUT2D eigenvalue weighted by Gasteiger charge is 2.47. The minimum Gasteiger partial charge on any atom is -0.381 e. The maximum absolute atomic E-state index is 13.7. The zero-order valence-electron chi connectivity index (χ0n) is 21.8. The van der Waals surface area contributed by atoms with Crippen molar-refractivity contribution in [3.63, 3.8) is 0 Å². The number of benzene rings is 1. The van der Waals surface area contributed by atoms with Crippen LogP contribution in [0.1, 0.15) is 36.0 Å². The number of likely N-dealkylation sites (N-methyl/N-ethyl adjacent to an activating group) is 1. The number of hydrogen-bond donors (Lipinski definition) is 2. The first-order valence-electron chi connectivity index (χ1n) is 13.4. The van der Waals surface area contributed by atoms with E-state index in [1.54, 1.807) is 28.8 Å². The molecule has 2 atom stereocenters. The lowest BCUT2D eigenvalue weighted by Crippen LogP contribution is -2.54. The van der Waals surface area contributed by atoms with E-state index in [1.807, 2.05) is 29.5 Å². The molecule has 1 aromatic heterocycles. The number of aromatic nitrogens is 1. The second kappa shape index (κ2) is 11.3. The van der Waals surface area contributed by atoms with Crippen molar-refractivity contribution in [3.8, 4) is 11.3 Å². The molecule has 2 aromatic rings. The van der Waals surface area contributed by atoms with Gasteiger partial charge in [-0.15, -0.1) is 23.1 Å². The Morgan fingerprint density at radius 2 is 1.85 bits per heavy atom. The molecule has 4 heterocycles. The number of nitrogens with one attached hydrogen (secondary N) is 2. The van der Waals surface area contributed by atoms with Gasteiger partial charge in [0.2, 0.25) is 5.91 Å². The molecule has 12 heteroatoms. The minimum absolute atomic E-state index is 0.0577. The molecule has 206 valence electrons. The van der Waals surface area contributed by atoms with Gasteiger partial charge in [-0.3, -0.25) is 19.4 Å². The second-order valence-electron chi connectivity index (χ2n) is 10.4. The van der Waals surface area contributed by atoms with Gasteiger partial charge in [0.1, 0.15) is 6.04 Å². The number of rotatable bonds is 7. The van der Waals surface area contributed by atoms with Crippen LogP contribution in [0.4, 0.5) is 5.13 Å². The normalized spacial score (nSPS) is 23.6. The largest absolute Gasteiger partial charge is 0.381 e. The van der Waals surface area contributed by atoms with Gasteiger partial charge in [0.15, 0.2) is 11.0 Å². The molecule has 10 nitrogen and oxygen atoms in total. The second-order valence-corrected chi connectivity index (χ2v) is 12.4. The van der Waals surface area contributed by atoms with Crippen molar-refractivity contribution in [1.29, 1.82) is 0 Å². The van der Waals surface area contributed by atoms with Crippen molar-refractivity contribution in [1.82, 2.24) is 20.1 Å². The average molecular weight is 569 g/mol. The molecule has 1 aromatic carbocycles. The van der Waals surface area contributed by atoms with E-state index in [4.69, 9.17) is 4.74 Å². The van der Waals surface area contributed by atoms with Crippen LogP contribution in [-0.2, 0) is 14.3 Å². The fourth-order valence-electron chi connectivity index (χ4n) is 5.17. The first kappa shape index (κ1) is 26.3. The minimum atomic E-state index is -0.608. The van der Waals surface area contributed by atoms with Gasteiger partial charge in [-0.05, 0) is 43.7 Å². The Bertz CT molecular complexity index is 1270. The van der Waals surface area contributed by atoms with Gasteiger partial charge < -0.3 is 25.2 Å². The Balaban J connectivity index is 1.15. The number of nitrogens with zero attached hydrogens (tertiary/aromatic N) is 4. The van der Waals surface area contributed by atoms with E-state index in [2.05, 4.69) is 20.6 Å². The van der Waals surface area contributed by atoms with Crippen LogP contribution in [0, 0.1) is 5.92 Å². The van der Waals surface area contributed by atoms with Crippen molar-refractivity contribution < 1.29 is 19.1 Å². The highest BCUT2D eigenvalue weighted by molar-refractivity contribution is 8.00. The standard InChI is InChI=1S/C27H32N6O4S2/c1-32-11-10-28-22(32)25(36)33-21(15-38-26(33)18-8-12-37-13-9-18)24(35)31-27-30-20(14-39-27)16-2-4-17(5-3-16)23(34)29-19-6-7-19/h2-5,14,18-19,21,26H,6-13,15H2,1H3,(H,29,34)(H,30,31,35). The van der Waals surface area contributed by atoms with Crippen molar-refractivity contribution in [2.45, 2.75) is 43.1 Å². The molecule has 1 saturated carbocycles. The zero-order valence-corrected chi connectivity index (χ0v) is 23.4. The quantitative estimate of drug-likeness (QED) is 0.528. The number of carbonyl (C=O) groups is 3. The summed E-state index contributed by atoms with van der Waals surface area (Å²) in [5.74, 6) is 0.760. The van der Waals surface area contributed by atoms with E-state index in [-0.39, 0.29) is 29.0 Å². The third kappa shape index (κ3) is 5.68. The van der Waals surface area contributed by atoms with Crippen LogP contribution in [0.25, 0.3) is 11.3 Å². The van der Waals surface area contributed by atoms with Gasteiger partial charge >= 0.3 is 0 Å². The van der Waals surface area contributed by atoms with Crippen LogP contribution in [0.3, 0.4) is 0 Å². The molecule has 39 heavy (non-hydrogen) atoms. The molecule has 2 N–H and O–H groups in total. The summed E-state index contributed by atoms with van der Waals surface area (Å²) in [4.78, 5) is 52.2. The van der Waals surface area contributed by atoms with Gasteiger partial charge in [0.25, 0.3) is 11.8 Å².